The van der Waals surface area contributed by atoms with Gasteiger partial charge in [-0.15, -0.1) is 0 Å². The van der Waals surface area contributed by atoms with Crippen LogP contribution in [0.4, 0.5) is 16.2 Å². The minimum Gasteiger partial charge on any atom is -0.371 e. The Labute approximate surface area is 176 Å². The number of imide groups is 2. The lowest BCUT2D eigenvalue weighted by Crippen LogP contribution is -2.54. The molecular formula is C24H25N3O3. The summed E-state index contributed by atoms with van der Waals surface area (Å²) >= 11 is 0. The number of anilines is 2. The molecule has 0 radical (unpaired) electrons. The third-order valence-corrected chi connectivity index (χ3v) is 5.83. The van der Waals surface area contributed by atoms with E-state index in [9.17, 15) is 14.4 Å². The topological polar surface area (TPSA) is 69.7 Å². The summed E-state index contributed by atoms with van der Waals surface area (Å²) < 4.78 is 0. The fourth-order valence-corrected chi connectivity index (χ4v) is 4.00. The second-order valence-electron chi connectivity index (χ2n) is 7.97. The molecule has 0 atom stereocenters. The molecule has 0 unspecified atom stereocenters. The molecule has 6 heteroatoms. The summed E-state index contributed by atoms with van der Waals surface area (Å²) in [6.07, 6.45) is 3.95. The molecule has 2 aromatic rings. The van der Waals surface area contributed by atoms with E-state index in [4.69, 9.17) is 0 Å². The zero-order valence-electron chi connectivity index (χ0n) is 17.5. The van der Waals surface area contributed by atoms with Gasteiger partial charge < -0.3 is 4.90 Å². The van der Waals surface area contributed by atoms with Crippen LogP contribution in [0.5, 0.6) is 0 Å². The number of nitrogens with zero attached hydrogens (tertiary/aromatic N) is 2. The third kappa shape index (κ3) is 3.61. The normalized spacial score (nSPS) is 18.4. The summed E-state index contributed by atoms with van der Waals surface area (Å²) in [6.45, 7) is 8.01. The van der Waals surface area contributed by atoms with E-state index in [1.54, 1.807) is 18.2 Å². The molecule has 6 nitrogen and oxygen atoms in total. The Balaban J connectivity index is 1.67. The van der Waals surface area contributed by atoms with Gasteiger partial charge in [-0.2, -0.15) is 0 Å². The zero-order valence-corrected chi connectivity index (χ0v) is 17.5. The molecule has 2 aromatic carbocycles. The van der Waals surface area contributed by atoms with Crippen LogP contribution in [-0.2, 0) is 9.59 Å². The highest BCUT2D eigenvalue weighted by Gasteiger charge is 2.36. The Morgan fingerprint density at radius 2 is 1.60 bits per heavy atom. The predicted octanol–water partition coefficient (Wildman–Crippen LogP) is 3.88. The van der Waals surface area contributed by atoms with Gasteiger partial charge in [-0.1, -0.05) is 12.1 Å². The van der Waals surface area contributed by atoms with Gasteiger partial charge in [0.05, 0.1) is 5.69 Å². The monoisotopic (exact) mass is 403 g/mol. The van der Waals surface area contributed by atoms with E-state index < -0.39 is 17.8 Å². The number of carbonyl (C=O) groups excluding carboxylic acids is 3. The number of rotatable bonds is 3. The fourth-order valence-electron chi connectivity index (χ4n) is 4.00. The van der Waals surface area contributed by atoms with Crippen LogP contribution in [0.3, 0.4) is 0 Å². The Morgan fingerprint density at radius 3 is 2.27 bits per heavy atom. The first-order chi connectivity index (χ1) is 14.3. The molecule has 0 aromatic heterocycles. The van der Waals surface area contributed by atoms with Crippen molar-refractivity contribution < 1.29 is 14.4 Å². The highest BCUT2D eigenvalue weighted by molar-refractivity contribution is 6.39. The SMILES string of the molecule is Cc1ccc(N2C(=O)NC(=O)/C(=C/c3ccc(N4CCCC4)c(C)c3)C2=O)cc1C. The maximum atomic E-state index is 13.1. The Morgan fingerprint density at radius 1 is 0.867 bits per heavy atom. The van der Waals surface area contributed by atoms with Crippen LogP contribution >= 0.6 is 0 Å². The van der Waals surface area contributed by atoms with Crippen molar-refractivity contribution in [2.45, 2.75) is 33.6 Å². The molecule has 4 amide bonds. The molecule has 2 aliphatic heterocycles. The van der Waals surface area contributed by atoms with E-state index >= 15 is 0 Å². The van der Waals surface area contributed by atoms with Crippen LogP contribution in [0.15, 0.2) is 42.0 Å². The molecule has 0 bridgehead atoms. The Bertz CT molecular complexity index is 1080. The van der Waals surface area contributed by atoms with Crippen LogP contribution in [0, 0.1) is 20.8 Å². The molecule has 2 fully saturated rings. The van der Waals surface area contributed by atoms with Gasteiger partial charge in [0.2, 0.25) is 0 Å². The van der Waals surface area contributed by atoms with Crippen molar-refractivity contribution in [3.63, 3.8) is 0 Å². The van der Waals surface area contributed by atoms with Crippen molar-refractivity contribution >= 4 is 35.3 Å². The summed E-state index contributed by atoms with van der Waals surface area (Å²) in [5.41, 5.74) is 5.44. The lowest BCUT2D eigenvalue weighted by Gasteiger charge is -2.27. The van der Waals surface area contributed by atoms with Gasteiger partial charge in [-0.05, 0) is 86.2 Å². The Kier molecular flexibility index (Phi) is 5.16. The van der Waals surface area contributed by atoms with Crippen molar-refractivity contribution in [3.05, 3.63) is 64.2 Å². The van der Waals surface area contributed by atoms with Crippen LogP contribution in [0.25, 0.3) is 6.08 Å². The number of urea groups is 1. The summed E-state index contributed by atoms with van der Waals surface area (Å²) in [4.78, 5) is 41.3. The maximum absolute atomic E-state index is 13.1. The molecule has 0 saturated carbocycles. The van der Waals surface area contributed by atoms with E-state index in [0.29, 0.717) is 5.69 Å². The molecule has 0 spiro atoms. The number of nitrogens with one attached hydrogen (secondary N) is 1. The summed E-state index contributed by atoms with van der Waals surface area (Å²) in [7, 11) is 0. The van der Waals surface area contributed by atoms with E-state index in [0.717, 1.165) is 40.2 Å². The molecule has 154 valence electrons. The van der Waals surface area contributed by atoms with Crippen molar-refractivity contribution in [1.82, 2.24) is 5.32 Å². The standard InChI is InChI=1S/C24H25N3O3/c1-15-6-8-19(13-16(15)2)27-23(29)20(22(28)25-24(27)30)14-18-7-9-21(17(3)12-18)26-10-4-5-11-26/h6-9,12-14H,4-5,10-11H2,1-3H3,(H,25,28,30)/b20-14-. The van der Waals surface area contributed by atoms with Gasteiger partial charge in [0, 0.05) is 18.8 Å². The minimum absolute atomic E-state index is 0.0545. The average Bonchev–Trinajstić information content (AvgIpc) is 3.22. The lowest BCUT2D eigenvalue weighted by atomic mass is 10.0. The van der Waals surface area contributed by atoms with Gasteiger partial charge in [0.25, 0.3) is 11.8 Å². The van der Waals surface area contributed by atoms with Gasteiger partial charge in [-0.25, -0.2) is 9.69 Å². The summed E-state index contributed by atoms with van der Waals surface area (Å²) in [5, 5.41) is 2.28. The van der Waals surface area contributed by atoms with E-state index in [2.05, 4.69) is 10.2 Å². The van der Waals surface area contributed by atoms with Crippen molar-refractivity contribution in [1.29, 1.82) is 0 Å². The first-order valence-electron chi connectivity index (χ1n) is 10.2. The number of carbonyl (C=O) groups is 3. The molecule has 2 heterocycles. The molecule has 30 heavy (non-hydrogen) atoms. The smallest absolute Gasteiger partial charge is 0.335 e. The highest BCUT2D eigenvalue weighted by atomic mass is 16.2. The molecule has 2 saturated heterocycles. The first kappa shape index (κ1) is 19.9. The number of amides is 4. The molecule has 4 rings (SSSR count). The van der Waals surface area contributed by atoms with Crippen molar-refractivity contribution in [2.24, 2.45) is 0 Å². The largest absolute Gasteiger partial charge is 0.371 e. The maximum Gasteiger partial charge on any atom is 0.335 e. The van der Waals surface area contributed by atoms with Gasteiger partial charge >= 0.3 is 6.03 Å². The number of benzene rings is 2. The van der Waals surface area contributed by atoms with Gasteiger partial charge in [0.1, 0.15) is 5.57 Å². The van der Waals surface area contributed by atoms with Crippen LogP contribution in [0.2, 0.25) is 0 Å². The molecule has 1 N–H and O–H groups in total. The summed E-state index contributed by atoms with van der Waals surface area (Å²) in [5.74, 6) is -1.29. The Hall–Kier alpha value is -3.41. The highest BCUT2D eigenvalue weighted by Crippen LogP contribution is 2.27. The van der Waals surface area contributed by atoms with Gasteiger partial charge in [-0.3, -0.25) is 14.9 Å². The third-order valence-electron chi connectivity index (χ3n) is 5.83. The second-order valence-corrected chi connectivity index (χ2v) is 7.97. The lowest BCUT2D eigenvalue weighted by molar-refractivity contribution is -0.122. The van der Waals surface area contributed by atoms with Crippen molar-refractivity contribution in [3.8, 4) is 0 Å². The molecular weight excluding hydrogens is 378 g/mol. The van der Waals surface area contributed by atoms with Gasteiger partial charge in [0.15, 0.2) is 0 Å². The number of hydrogen-bond donors (Lipinski definition) is 1. The second kappa shape index (κ2) is 7.78. The number of aryl methyl sites for hydroxylation is 3. The predicted molar refractivity (Wildman–Crippen MR) is 118 cm³/mol. The minimum atomic E-state index is -0.731. The average molecular weight is 403 g/mol. The first-order valence-corrected chi connectivity index (χ1v) is 10.2. The number of barbiturate groups is 1. The van der Waals surface area contributed by atoms with Crippen LogP contribution in [-0.4, -0.2) is 30.9 Å². The van der Waals surface area contributed by atoms with E-state index in [-0.39, 0.29) is 5.57 Å². The van der Waals surface area contributed by atoms with E-state index in [1.807, 2.05) is 45.0 Å². The molecule has 2 aliphatic rings. The van der Waals surface area contributed by atoms with E-state index in [1.165, 1.54) is 18.5 Å². The fraction of sp³-hybridized carbons (Fsp3) is 0.292. The number of hydrogen-bond acceptors (Lipinski definition) is 4. The van der Waals surface area contributed by atoms with Crippen LogP contribution < -0.4 is 15.1 Å². The summed E-state index contributed by atoms with van der Waals surface area (Å²) in [6, 6.07) is 10.5. The van der Waals surface area contributed by atoms with Crippen LogP contribution in [0.1, 0.15) is 35.1 Å². The molecule has 0 aliphatic carbocycles. The quantitative estimate of drug-likeness (QED) is 0.624. The van der Waals surface area contributed by atoms with Crippen molar-refractivity contribution in [2.75, 3.05) is 22.9 Å². The zero-order chi connectivity index (χ0) is 21.4.